The first-order valence-electron chi connectivity index (χ1n) is 8.03. The van der Waals surface area contributed by atoms with Gasteiger partial charge in [0.05, 0.1) is 11.1 Å². The lowest BCUT2D eigenvalue weighted by Gasteiger charge is -2.39. The lowest BCUT2D eigenvalue weighted by atomic mass is 9.76. The van der Waals surface area contributed by atoms with Crippen LogP contribution >= 0.6 is 11.6 Å². The molecule has 2 aromatic heterocycles. The zero-order valence-electron chi connectivity index (χ0n) is 13.9. The van der Waals surface area contributed by atoms with Crippen LogP contribution in [0.1, 0.15) is 34.3 Å². The summed E-state index contributed by atoms with van der Waals surface area (Å²) in [6, 6.07) is 1.71. The number of anilines is 1. The standard InChI is InChI=1S/C17H10ClF4N3O3/c18-13-12-9(2-4-23-13)16(3-1-11(12)26)7-28-15(27)25(16)14-10(19)5-8(6-24-14)17(20,21)22/h2,4-6H,1,3,7H2/t16-/m1/s1. The highest BCUT2D eigenvalue weighted by Gasteiger charge is 2.55. The maximum Gasteiger partial charge on any atom is 0.417 e. The molecule has 1 amide bonds. The van der Waals surface area contributed by atoms with Crippen molar-refractivity contribution < 1.29 is 31.9 Å². The molecule has 4 rings (SSSR count). The molecular weight excluding hydrogens is 406 g/mol. The van der Waals surface area contributed by atoms with E-state index < -0.39 is 35.0 Å². The first kappa shape index (κ1) is 18.6. The van der Waals surface area contributed by atoms with E-state index in [2.05, 4.69) is 9.97 Å². The molecule has 0 saturated carbocycles. The van der Waals surface area contributed by atoms with E-state index in [4.69, 9.17) is 16.3 Å². The third-order valence-electron chi connectivity index (χ3n) is 4.86. The number of fused-ring (bicyclic) bond motifs is 2. The van der Waals surface area contributed by atoms with Crippen molar-refractivity contribution in [1.29, 1.82) is 0 Å². The van der Waals surface area contributed by atoms with Crippen molar-refractivity contribution in [2.45, 2.75) is 24.6 Å². The van der Waals surface area contributed by atoms with Gasteiger partial charge in [-0.25, -0.2) is 24.1 Å². The summed E-state index contributed by atoms with van der Waals surface area (Å²) < 4.78 is 58.1. The number of rotatable bonds is 1. The van der Waals surface area contributed by atoms with Crippen LogP contribution in [0.25, 0.3) is 0 Å². The molecule has 2 aliphatic rings. The Kier molecular flexibility index (Phi) is 4.07. The summed E-state index contributed by atoms with van der Waals surface area (Å²) in [5, 5.41) is -0.0817. The van der Waals surface area contributed by atoms with E-state index in [0.717, 1.165) is 4.90 Å². The highest BCUT2D eigenvalue weighted by molar-refractivity contribution is 6.33. The van der Waals surface area contributed by atoms with Crippen LogP contribution < -0.4 is 4.90 Å². The van der Waals surface area contributed by atoms with Gasteiger partial charge < -0.3 is 4.74 Å². The van der Waals surface area contributed by atoms with Crippen LogP contribution in [0, 0.1) is 5.82 Å². The molecule has 146 valence electrons. The van der Waals surface area contributed by atoms with E-state index in [-0.39, 0.29) is 47.6 Å². The van der Waals surface area contributed by atoms with E-state index in [0.29, 0.717) is 6.20 Å². The van der Waals surface area contributed by atoms with Crippen LogP contribution in [0.15, 0.2) is 24.5 Å². The zero-order valence-corrected chi connectivity index (χ0v) is 14.6. The number of ether oxygens (including phenoxy) is 1. The minimum absolute atomic E-state index is 0.0339. The molecular formula is C17H10ClF4N3O3. The Hall–Kier alpha value is -2.75. The molecule has 0 radical (unpaired) electrons. The third kappa shape index (κ3) is 2.62. The summed E-state index contributed by atoms with van der Waals surface area (Å²) in [5.41, 5.74) is -2.26. The Balaban J connectivity index is 1.89. The number of cyclic esters (lactones) is 1. The second-order valence-electron chi connectivity index (χ2n) is 6.40. The van der Waals surface area contributed by atoms with Crippen molar-refractivity contribution >= 4 is 29.3 Å². The number of Topliss-reactive ketones (excluding diaryl/α,β-unsaturated/α-hetero) is 1. The minimum Gasteiger partial charge on any atom is -0.446 e. The van der Waals surface area contributed by atoms with Crippen LogP contribution in [0.2, 0.25) is 5.15 Å². The summed E-state index contributed by atoms with van der Waals surface area (Å²) >= 11 is 6.04. The molecule has 28 heavy (non-hydrogen) atoms. The largest absolute Gasteiger partial charge is 0.446 e. The summed E-state index contributed by atoms with van der Waals surface area (Å²) in [7, 11) is 0. The Morgan fingerprint density at radius 1 is 1.25 bits per heavy atom. The highest BCUT2D eigenvalue weighted by atomic mass is 35.5. The molecule has 6 nitrogen and oxygen atoms in total. The van der Waals surface area contributed by atoms with Gasteiger partial charge in [0.1, 0.15) is 17.3 Å². The minimum atomic E-state index is -4.79. The number of nitrogens with zero attached hydrogens (tertiary/aromatic N) is 3. The van der Waals surface area contributed by atoms with Gasteiger partial charge in [-0.1, -0.05) is 11.6 Å². The number of halogens is 5. The topological polar surface area (TPSA) is 72.4 Å². The van der Waals surface area contributed by atoms with Gasteiger partial charge in [-0.05, 0) is 24.1 Å². The molecule has 0 bridgehead atoms. The second-order valence-corrected chi connectivity index (χ2v) is 6.75. The van der Waals surface area contributed by atoms with Gasteiger partial charge in [-0.3, -0.25) is 4.79 Å². The van der Waals surface area contributed by atoms with E-state index in [1.165, 1.54) is 12.3 Å². The quantitative estimate of drug-likeness (QED) is 0.517. The van der Waals surface area contributed by atoms with Crippen molar-refractivity contribution in [2.75, 3.05) is 11.5 Å². The first-order valence-corrected chi connectivity index (χ1v) is 8.41. The zero-order chi connectivity index (χ0) is 20.3. The summed E-state index contributed by atoms with van der Waals surface area (Å²) in [6.45, 7) is -0.241. The van der Waals surface area contributed by atoms with Crippen LogP contribution in [0.3, 0.4) is 0 Å². The van der Waals surface area contributed by atoms with Gasteiger partial charge in [-0.15, -0.1) is 0 Å². The summed E-state index contributed by atoms with van der Waals surface area (Å²) in [4.78, 5) is 33.0. The Labute approximate surface area is 160 Å². The summed E-state index contributed by atoms with van der Waals surface area (Å²) in [5.74, 6) is -2.27. The van der Waals surface area contributed by atoms with Gasteiger partial charge in [0.15, 0.2) is 17.4 Å². The smallest absolute Gasteiger partial charge is 0.417 e. The van der Waals surface area contributed by atoms with Crippen LogP contribution in [0.4, 0.5) is 28.2 Å². The van der Waals surface area contributed by atoms with E-state index in [9.17, 15) is 27.2 Å². The van der Waals surface area contributed by atoms with Crippen molar-refractivity contribution in [2.24, 2.45) is 0 Å². The van der Waals surface area contributed by atoms with E-state index in [1.807, 2.05) is 0 Å². The third-order valence-corrected chi connectivity index (χ3v) is 5.14. The number of hydrogen-bond donors (Lipinski definition) is 0. The van der Waals surface area contributed by atoms with Crippen molar-refractivity contribution in [1.82, 2.24) is 9.97 Å². The van der Waals surface area contributed by atoms with Crippen LogP contribution in [-0.2, 0) is 16.5 Å². The van der Waals surface area contributed by atoms with Crippen LogP contribution in [0.5, 0.6) is 0 Å². The Bertz CT molecular complexity index is 1010. The van der Waals surface area contributed by atoms with Gasteiger partial charge in [0.25, 0.3) is 0 Å². The van der Waals surface area contributed by atoms with Crippen molar-refractivity contribution in [3.63, 3.8) is 0 Å². The number of amides is 1. The molecule has 1 fully saturated rings. The van der Waals surface area contributed by atoms with Crippen LogP contribution in [-0.4, -0.2) is 28.5 Å². The van der Waals surface area contributed by atoms with Gasteiger partial charge in [0, 0.05) is 18.8 Å². The fourth-order valence-electron chi connectivity index (χ4n) is 3.58. The molecule has 1 aliphatic heterocycles. The number of carbonyl (C=O) groups is 2. The van der Waals surface area contributed by atoms with E-state index >= 15 is 0 Å². The number of pyridine rings is 2. The van der Waals surface area contributed by atoms with Gasteiger partial charge in [0.2, 0.25) is 0 Å². The predicted octanol–water partition coefficient (Wildman–Crippen LogP) is 4.12. The highest BCUT2D eigenvalue weighted by Crippen LogP contribution is 2.47. The molecule has 1 aliphatic carbocycles. The maximum absolute atomic E-state index is 14.6. The molecule has 0 N–H and O–H groups in total. The molecule has 1 atom stereocenters. The molecule has 1 spiro atoms. The molecule has 11 heteroatoms. The maximum atomic E-state index is 14.6. The van der Waals surface area contributed by atoms with E-state index in [1.54, 1.807) is 0 Å². The molecule has 0 unspecified atom stereocenters. The lowest BCUT2D eigenvalue weighted by molar-refractivity contribution is -0.138. The monoisotopic (exact) mass is 415 g/mol. The average molecular weight is 416 g/mol. The number of alkyl halides is 3. The lowest BCUT2D eigenvalue weighted by Crippen LogP contribution is -2.49. The average Bonchev–Trinajstić information content (AvgIpc) is 2.95. The normalized spacial score (nSPS) is 21.8. The predicted molar refractivity (Wildman–Crippen MR) is 87.5 cm³/mol. The second kappa shape index (κ2) is 6.13. The molecule has 0 aromatic carbocycles. The first-order chi connectivity index (χ1) is 13.1. The molecule has 2 aromatic rings. The Morgan fingerprint density at radius 2 is 2.00 bits per heavy atom. The fraction of sp³-hybridized carbons (Fsp3) is 0.294. The van der Waals surface area contributed by atoms with Crippen molar-refractivity contribution in [3.05, 3.63) is 52.2 Å². The number of carbonyl (C=O) groups excluding carboxylic acids is 2. The van der Waals surface area contributed by atoms with Crippen molar-refractivity contribution in [3.8, 4) is 0 Å². The van der Waals surface area contributed by atoms with Gasteiger partial charge >= 0.3 is 12.3 Å². The SMILES string of the molecule is O=C1CC[C@@]2(COC(=O)N2c2ncc(C(F)(F)F)cc2F)c2ccnc(Cl)c21. The van der Waals surface area contributed by atoms with Gasteiger partial charge in [-0.2, -0.15) is 13.2 Å². The number of aromatic nitrogens is 2. The molecule has 1 saturated heterocycles. The number of hydrogen-bond acceptors (Lipinski definition) is 5. The number of ketones is 1. The summed E-state index contributed by atoms with van der Waals surface area (Å²) in [6.07, 6.45) is -4.00. The fourth-order valence-corrected chi connectivity index (χ4v) is 3.84. The Morgan fingerprint density at radius 3 is 2.68 bits per heavy atom. The molecule has 3 heterocycles.